The fourth-order valence-corrected chi connectivity index (χ4v) is 18.3. The molecule has 9 aromatic carbocycles. The largest absolute Gasteiger partial charge is 0.371 e. The first-order valence-electron chi connectivity index (χ1n) is 23.9. The summed E-state index contributed by atoms with van der Waals surface area (Å²) in [5, 5.41) is 11.5. The van der Waals surface area contributed by atoms with Crippen molar-refractivity contribution in [2.45, 2.75) is 0 Å². The van der Waals surface area contributed by atoms with Gasteiger partial charge in [-0.1, -0.05) is 243 Å². The van der Waals surface area contributed by atoms with Crippen molar-refractivity contribution in [2.24, 2.45) is 0 Å². The van der Waals surface area contributed by atoms with Crippen molar-refractivity contribution >= 4 is 85.5 Å². The smallest absolute Gasteiger partial charge is 0.0367 e. The predicted molar refractivity (Wildman–Crippen MR) is 307 cm³/mol. The van der Waals surface area contributed by atoms with Gasteiger partial charge >= 0.3 is 0 Å². The molecular formula is C62H60N2P4. The molecule has 0 atom stereocenters. The second kappa shape index (κ2) is 25.1. The van der Waals surface area contributed by atoms with Crippen LogP contribution in [0.4, 0.5) is 11.4 Å². The standard InChI is InChI=1S/C62H60N2P4/c1-9-25-55(26-10-1)65(56-27-11-2-12-28-56)49-45-63(46-50-66(57-29-13-3-14-30-57)58-31-15-4-16-32-58)53-41-43-54(44-42-53)64(47-51-67(59-33-17-5-18-34-59)60-35-19-6-20-36-60)48-52-68(61-37-21-7-22-38-61)62-39-23-8-24-40-62/h1-44H,45-52H2. The second-order valence-corrected chi connectivity index (χ2v) is 26.1. The Labute approximate surface area is 410 Å². The van der Waals surface area contributed by atoms with Crippen molar-refractivity contribution in [3.63, 3.8) is 0 Å². The fourth-order valence-electron chi connectivity index (χ4n) is 8.99. The van der Waals surface area contributed by atoms with Crippen molar-refractivity contribution in [3.05, 3.63) is 267 Å². The molecule has 9 aromatic rings. The van der Waals surface area contributed by atoms with Gasteiger partial charge in [-0.25, -0.2) is 0 Å². The Morgan fingerprint density at radius 2 is 0.338 bits per heavy atom. The Hall–Kier alpha value is -5.70. The fraction of sp³-hybridized carbons (Fsp3) is 0.129. The van der Waals surface area contributed by atoms with E-state index in [2.05, 4.69) is 277 Å². The molecule has 0 bridgehead atoms. The van der Waals surface area contributed by atoms with E-state index in [9.17, 15) is 0 Å². The number of rotatable bonds is 22. The van der Waals surface area contributed by atoms with E-state index in [0.717, 1.165) is 50.8 Å². The number of anilines is 2. The maximum absolute atomic E-state index is 2.70. The summed E-state index contributed by atoms with van der Waals surface area (Å²) in [6.45, 7) is 3.90. The van der Waals surface area contributed by atoms with Gasteiger partial charge in [0.25, 0.3) is 0 Å². The molecule has 338 valence electrons. The van der Waals surface area contributed by atoms with Gasteiger partial charge in [-0.2, -0.15) is 0 Å². The van der Waals surface area contributed by atoms with E-state index >= 15 is 0 Å². The molecule has 0 heterocycles. The Kier molecular flexibility index (Phi) is 17.5. The third-order valence-electron chi connectivity index (χ3n) is 12.5. The third-order valence-corrected chi connectivity index (χ3v) is 22.5. The van der Waals surface area contributed by atoms with Gasteiger partial charge in [0.2, 0.25) is 0 Å². The molecular weight excluding hydrogens is 897 g/mol. The van der Waals surface area contributed by atoms with E-state index in [0.29, 0.717) is 0 Å². The Morgan fingerprint density at radius 1 is 0.191 bits per heavy atom. The van der Waals surface area contributed by atoms with Crippen molar-refractivity contribution in [2.75, 3.05) is 60.6 Å². The van der Waals surface area contributed by atoms with Crippen molar-refractivity contribution in [1.29, 1.82) is 0 Å². The molecule has 6 heteroatoms. The summed E-state index contributed by atoms with van der Waals surface area (Å²) in [5.41, 5.74) is 2.60. The Morgan fingerprint density at radius 3 is 0.485 bits per heavy atom. The lowest BCUT2D eigenvalue weighted by atomic mass is 10.2. The van der Waals surface area contributed by atoms with Crippen LogP contribution in [0.2, 0.25) is 0 Å². The zero-order chi connectivity index (χ0) is 46.0. The summed E-state index contributed by atoms with van der Waals surface area (Å²) in [6.07, 6.45) is 4.32. The van der Waals surface area contributed by atoms with Crippen LogP contribution in [0, 0.1) is 0 Å². The number of benzene rings is 9. The number of hydrogen-bond donors (Lipinski definition) is 0. The summed E-state index contributed by atoms with van der Waals surface area (Å²) in [6, 6.07) is 99.4. The number of nitrogens with zero attached hydrogens (tertiary/aromatic N) is 2. The summed E-state index contributed by atoms with van der Waals surface area (Å²) in [4.78, 5) is 5.40. The summed E-state index contributed by atoms with van der Waals surface area (Å²) >= 11 is 0. The lowest BCUT2D eigenvalue weighted by molar-refractivity contribution is 0.866. The molecule has 0 spiro atoms. The minimum atomic E-state index is -0.545. The van der Waals surface area contributed by atoms with Crippen LogP contribution in [-0.4, -0.2) is 50.8 Å². The number of hydrogen-bond acceptors (Lipinski definition) is 2. The first kappa shape index (κ1) is 47.4. The van der Waals surface area contributed by atoms with Gasteiger partial charge < -0.3 is 9.80 Å². The average molecular weight is 957 g/mol. The Balaban J connectivity index is 1.04. The van der Waals surface area contributed by atoms with Crippen LogP contribution < -0.4 is 52.2 Å². The lowest BCUT2D eigenvalue weighted by Gasteiger charge is -2.32. The predicted octanol–water partition coefficient (Wildman–Crippen LogP) is 11.8. The highest BCUT2D eigenvalue weighted by Gasteiger charge is 2.22. The highest BCUT2D eigenvalue weighted by molar-refractivity contribution is 7.74. The molecule has 0 aliphatic rings. The molecule has 0 aromatic heterocycles. The molecule has 0 amide bonds. The molecule has 0 saturated carbocycles. The topological polar surface area (TPSA) is 6.48 Å². The molecule has 0 N–H and O–H groups in total. The molecule has 9 rings (SSSR count). The average Bonchev–Trinajstić information content (AvgIpc) is 3.42. The summed E-state index contributed by atoms with van der Waals surface area (Å²) in [7, 11) is -2.18. The van der Waals surface area contributed by atoms with Crippen LogP contribution in [0.5, 0.6) is 0 Å². The molecule has 0 saturated heterocycles. The monoisotopic (exact) mass is 956 g/mol. The van der Waals surface area contributed by atoms with E-state index in [1.165, 1.54) is 53.8 Å². The minimum Gasteiger partial charge on any atom is -0.371 e. The van der Waals surface area contributed by atoms with Crippen LogP contribution in [0.15, 0.2) is 267 Å². The maximum atomic E-state index is 2.70. The van der Waals surface area contributed by atoms with E-state index in [-0.39, 0.29) is 0 Å². The molecule has 0 aliphatic carbocycles. The van der Waals surface area contributed by atoms with Gasteiger partial charge in [-0.05, 0) is 123 Å². The Bertz CT molecular complexity index is 2260. The minimum absolute atomic E-state index is 0.545. The van der Waals surface area contributed by atoms with E-state index in [1.54, 1.807) is 0 Å². The zero-order valence-electron chi connectivity index (χ0n) is 38.7. The van der Waals surface area contributed by atoms with Crippen LogP contribution in [-0.2, 0) is 0 Å². The van der Waals surface area contributed by atoms with Crippen molar-refractivity contribution < 1.29 is 0 Å². The van der Waals surface area contributed by atoms with Gasteiger partial charge in [-0.15, -0.1) is 0 Å². The molecule has 0 radical (unpaired) electrons. The van der Waals surface area contributed by atoms with Crippen LogP contribution in [0.3, 0.4) is 0 Å². The van der Waals surface area contributed by atoms with Gasteiger partial charge in [0.15, 0.2) is 0 Å². The third kappa shape index (κ3) is 12.9. The van der Waals surface area contributed by atoms with E-state index < -0.39 is 31.7 Å². The summed E-state index contributed by atoms with van der Waals surface area (Å²) < 4.78 is 0. The second-order valence-electron chi connectivity index (χ2n) is 16.8. The van der Waals surface area contributed by atoms with E-state index in [1.807, 2.05) is 0 Å². The van der Waals surface area contributed by atoms with Crippen LogP contribution in [0.1, 0.15) is 0 Å². The first-order valence-corrected chi connectivity index (χ1v) is 30.0. The lowest BCUT2D eigenvalue weighted by Crippen LogP contribution is -2.33. The maximum Gasteiger partial charge on any atom is 0.0367 e. The van der Waals surface area contributed by atoms with E-state index in [4.69, 9.17) is 0 Å². The molecule has 2 nitrogen and oxygen atoms in total. The van der Waals surface area contributed by atoms with Crippen LogP contribution in [0.25, 0.3) is 0 Å². The molecule has 0 fully saturated rings. The molecule has 68 heavy (non-hydrogen) atoms. The molecule has 0 unspecified atom stereocenters. The highest BCUT2D eigenvalue weighted by atomic mass is 31.1. The zero-order valence-corrected chi connectivity index (χ0v) is 42.3. The normalized spacial score (nSPS) is 11.4. The van der Waals surface area contributed by atoms with Gasteiger partial charge in [-0.3, -0.25) is 0 Å². The van der Waals surface area contributed by atoms with Gasteiger partial charge in [0, 0.05) is 37.6 Å². The van der Waals surface area contributed by atoms with Gasteiger partial charge in [0.05, 0.1) is 0 Å². The molecule has 0 aliphatic heterocycles. The quantitative estimate of drug-likeness (QED) is 0.0625. The highest BCUT2D eigenvalue weighted by Crippen LogP contribution is 2.39. The van der Waals surface area contributed by atoms with Crippen molar-refractivity contribution in [1.82, 2.24) is 0 Å². The summed E-state index contributed by atoms with van der Waals surface area (Å²) in [5.74, 6) is 0. The first-order chi connectivity index (χ1) is 33.8. The van der Waals surface area contributed by atoms with Gasteiger partial charge in [0.1, 0.15) is 0 Å². The van der Waals surface area contributed by atoms with Crippen LogP contribution >= 0.6 is 31.7 Å². The van der Waals surface area contributed by atoms with Crippen molar-refractivity contribution in [3.8, 4) is 0 Å². The SMILES string of the molecule is c1ccc(P(CCN(CCP(c2ccccc2)c2ccccc2)c2ccc(N(CCP(c3ccccc3)c3ccccc3)CCP(c3ccccc3)c3ccccc3)cc2)c2ccccc2)cc1.